The van der Waals surface area contributed by atoms with Gasteiger partial charge in [0.1, 0.15) is 0 Å². The predicted molar refractivity (Wildman–Crippen MR) is 59.2 cm³/mol. The second-order valence-electron chi connectivity index (χ2n) is 3.53. The molecular formula is C10H21NOS. The number of hydrogen-bond donors (Lipinski definition) is 1. The van der Waals surface area contributed by atoms with E-state index in [-0.39, 0.29) is 0 Å². The topological polar surface area (TPSA) is 35.2 Å². The van der Waals surface area contributed by atoms with Gasteiger partial charge in [-0.25, -0.2) is 0 Å². The van der Waals surface area contributed by atoms with Crippen LogP contribution in [0.4, 0.5) is 0 Å². The lowest BCUT2D eigenvalue weighted by atomic mass is 10.1. The molecule has 0 saturated carbocycles. The summed E-state index contributed by atoms with van der Waals surface area (Å²) in [7, 11) is 0. The molecule has 1 aliphatic heterocycles. The third-order valence-electron chi connectivity index (χ3n) is 2.33. The Morgan fingerprint density at radius 1 is 1.31 bits per heavy atom. The van der Waals surface area contributed by atoms with Gasteiger partial charge in [-0.3, -0.25) is 0 Å². The Kier molecular flexibility index (Phi) is 6.68. The molecule has 2 nitrogen and oxygen atoms in total. The molecule has 78 valence electrons. The monoisotopic (exact) mass is 203 g/mol. The van der Waals surface area contributed by atoms with Gasteiger partial charge in [-0.2, -0.15) is 11.8 Å². The second-order valence-corrected chi connectivity index (χ2v) is 4.76. The largest absolute Gasteiger partial charge is 0.378 e. The molecule has 0 radical (unpaired) electrons. The van der Waals surface area contributed by atoms with Crippen LogP contribution in [-0.4, -0.2) is 30.8 Å². The molecule has 1 rings (SSSR count). The molecule has 0 aromatic heterocycles. The quantitative estimate of drug-likeness (QED) is 0.643. The zero-order valence-electron chi connectivity index (χ0n) is 8.34. The standard InChI is InChI=1S/C10H21NOS/c11-6-3-9-13-8-2-5-10-4-1-7-12-10/h10H,1-9,11H2. The molecule has 0 aromatic carbocycles. The smallest absolute Gasteiger partial charge is 0.0576 e. The fourth-order valence-corrected chi connectivity index (χ4v) is 2.52. The third-order valence-corrected chi connectivity index (χ3v) is 3.49. The summed E-state index contributed by atoms with van der Waals surface area (Å²) in [5.74, 6) is 2.50. The number of thioether (sulfide) groups is 1. The highest BCUT2D eigenvalue weighted by Gasteiger charge is 2.14. The van der Waals surface area contributed by atoms with Crippen molar-refractivity contribution in [1.29, 1.82) is 0 Å². The maximum atomic E-state index is 5.55. The van der Waals surface area contributed by atoms with Crippen molar-refractivity contribution in [2.45, 2.75) is 38.2 Å². The van der Waals surface area contributed by atoms with Crippen LogP contribution in [0.15, 0.2) is 0 Å². The molecule has 0 bridgehead atoms. The van der Waals surface area contributed by atoms with Gasteiger partial charge in [-0.15, -0.1) is 0 Å². The molecule has 2 N–H and O–H groups in total. The maximum Gasteiger partial charge on any atom is 0.0576 e. The van der Waals surface area contributed by atoms with Crippen molar-refractivity contribution in [3.63, 3.8) is 0 Å². The normalized spacial score (nSPS) is 22.4. The number of ether oxygens (including phenoxy) is 1. The molecule has 0 amide bonds. The van der Waals surface area contributed by atoms with Crippen LogP contribution < -0.4 is 5.73 Å². The van der Waals surface area contributed by atoms with E-state index in [2.05, 4.69) is 0 Å². The van der Waals surface area contributed by atoms with Crippen molar-refractivity contribution in [3.8, 4) is 0 Å². The third kappa shape index (κ3) is 5.55. The van der Waals surface area contributed by atoms with Crippen molar-refractivity contribution in [1.82, 2.24) is 0 Å². The Morgan fingerprint density at radius 2 is 2.15 bits per heavy atom. The molecule has 3 heteroatoms. The van der Waals surface area contributed by atoms with Crippen LogP contribution in [0.3, 0.4) is 0 Å². The summed E-state index contributed by atoms with van der Waals surface area (Å²) in [6, 6.07) is 0. The lowest BCUT2D eigenvalue weighted by molar-refractivity contribution is 0.104. The average Bonchev–Trinajstić information content (AvgIpc) is 2.63. The van der Waals surface area contributed by atoms with Crippen LogP contribution in [0.5, 0.6) is 0 Å². The molecule has 0 aliphatic carbocycles. The molecule has 13 heavy (non-hydrogen) atoms. The van der Waals surface area contributed by atoms with E-state index in [1.54, 1.807) is 0 Å². The summed E-state index contributed by atoms with van der Waals surface area (Å²) < 4.78 is 5.55. The predicted octanol–water partition coefficient (Wildman–Crippen LogP) is 2.03. The van der Waals surface area contributed by atoms with Crippen LogP contribution in [0.25, 0.3) is 0 Å². The van der Waals surface area contributed by atoms with E-state index in [9.17, 15) is 0 Å². The first-order valence-electron chi connectivity index (χ1n) is 5.33. The van der Waals surface area contributed by atoms with Crippen molar-refractivity contribution in [3.05, 3.63) is 0 Å². The molecule has 1 saturated heterocycles. The molecule has 0 aromatic rings. The number of rotatable bonds is 7. The zero-order valence-corrected chi connectivity index (χ0v) is 9.15. The Morgan fingerprint density at radius 3 is 2.85 bits per heavy atom. The van der Waals surface area contributed by atoms with Gasteiger partial charge in [0.25, 0.3) is 0 Å². The van der Waals surface area contributed by atoms with Crippen LogP contribution >= 0.6 is 11.8 Å². The Hall–Kier alpha value is 0.270. The molecule has 1 unspecified atom stereocenters. The first-order chi connectivity index (χ1) is 6.43. The fourth-order valence-electron chi connectivity index (χ4n) is 1.57. The summed E-state index contributed by atoms with van der Waals surface area (Å²) in [4.78, 5) is 0. The van der Waals surface area contributed by atoms with Gasteiger partial charge in [-0.1, -0.05) is 0 Å². The molecule has 1 aliphatic rings. The van der Waals surface area contributed by atoms with Gasteiger partial charge in [0.15, 0.2) is 0 Å². The van der Waals surface area contributed by atoms with E-state index in [1.807, 2.05) is 11.8 Å². The van der Waals surface area contributed by atoms with Crippen LogP contribution in [-0.2, 0) is 4.74 Å². The lowest BCUT2D eigenvalue weighted by Gasteiger charge is -2.07. The summed E-state index contributed by atoms with van der Waals surface area (Å²) in [6.07, 6.45) is 6.86. The second kappa shape index (κ2) is 7.65. The minimum Gasteiger partial charge on any atom is -0.378 e. The van der Waals surface area contributed by atoms with E-state index in [0.29, 0.717) is 6.10 Å². The highest BCUT2D eigenvalue weighted by Crippen LogP contribution is 2.18. The number of nitrogens with two attached hydrogens (primary N) is 1. The van der Waals surface area contributed by atoms with E-state index in [0.717, 1.165) is 19.6 Å². The Labute approximate surface area is 85.6 Å². The van der Waals surface area contributed by atoms with Crippen molar-refractivity contribution < 1.29 is 4.74 Å². The van der Waals surface area contributed by atoms with E-state index in [1.165, 1.54) is 37.2 Å². The maximum absolute atomic E-state index is 5.55. The molecule has 1 atom stereocenters. The van der Waals surface area contributed by atoms with Gasteiger partial charge >= 0.3 is 0 Å². The summed E-state index contributed by atoms with van der Waals surface area (Å²) in [5, 5.41) is 0. The van der Waals surface area contributed by atoms with Gasteiger partial charge in [0.2, 0.25) is 0 Å². The van der Waals surface area contributed by atoms with Crippen molar-refractivity contribution >= 4 is 11.8 Å². The first-order valence-corrected chi connectivity index (χ1v) is 6.48. The molecular weight excluding hydrogens is 182 g/mol. The van der Waals surface area contributed by atoms with E-state index < -0.39 is 0 Å². The summed E-state index contributed by atoms with van der Waals surface area (Å²) >= 11 is 2.03. The molecule has 1 heterocycles. The molecule has 1 fully saturated rings. The molecule has 0 spiro atoms. The zero-order chi connectivity index (χ0) is 9.36. The van der Waals surface area contributed by atoms with Crippen LogP contribution in [0, 0.1) is 0 Å². The summed E-state index contributed by atoms with van der Waals surface area (Å²) in [6.45, 7) is 1.82. The highest BCUT2D eigenvalue weighted by molar-refractivity contribution is 7.99. The van der Waals surface area contributed by atoms with E-state index >= 15 is 0 Å². The minimum absolute atomic E-state index is 0.579. The van der Waals surface area contributed by atoms with Crippen molar-refractivity contribution in [2.75, 3.05) is 24.7 Å². The van der Waals surface area contributed by atoms with Crippen molar-refractivity contribution in [2.24, 2.45) is 5.73 Å². The van der Waals surface area contributed by atoms with E-state index in [4.69, 9.17) is 10.5 Å². The van der Waals surface area contributed by atoms with Gasteiger partial charge in [-0.05, 0) is 50.2 Å². The first kappa shape index (κ1) is 11.3. The Bertz CT molecular complexity index is 115. The van der Waals surface area contributed by atoms with Gasteiger partial charge in [0.05, 0.1) is 6.10 Å². The van der Waals surface area contributed by atoms with Gasteiger partial charge in [0, 0.05) is 6.61 Å². The summed E-state index contributed by atoms with van der Waals surface area (Å²) in [5.41, 5.74) is 5.41. The minimum atomic E-state index is 0.579. The van der Waals surface area contributed by atoms with Gasteiger partial charge < -0.3 is 10.5 Å². The SMILES string of the molecule is NCCCSCCCC1CCCO1. The Balaban J connectivity index is 1.78. The fraction of sp³-hybridized carbons (Fsp3) is 1.00. The van der Waals surface area contributed by atoms with Crippen LogP contribution in [0.1, 0.15) is 32.1 Å². The average molecular weight is 203 g/mol. The lowest BCUT2D eigenvalue weighted by Crippen LogP contribution is -2.05. The van der Waals surface area contributed by atoms with Crippen LogP contribution in [0.2, 0.25) is 0 Å². The number of hydrogen-bond acceptors (Lipinski definition) is 3. The highest BCUT2D eigenvalue weighted by atomic mass is 32.2.